The van der Waals surface area contributed by atoms with E-state index in [2.05, 4.69) is 47.3 Å². The van der Waals surface area contributed by atoms with Crippen LogP contribution in [0.2, 0.25) is 5.02 Å². The van der Waals surface area contributed by atoms with Gasteiger partial charge in [-0.1, -0.05) is 81.9 Å². The second-order valence-electron chi connectivity index (χ2n) is 10.9. The molecular formula is C31H43ClN4. The smallest absolute Gasteiger partial charge is 0.124 e. The molecule has 4 nitrogen and oxygen atoms in total. The third-order valence-electron chi connectivity index (χ3n) is 7.83. The van der Waals surface area contributed by atoms with E-state index in [1.165, 1.54) is 100 Å². The van der Waals surface area contributed by atoms with E-state index >= 15 is 0 Å². The molecule has 1 aliphatic rings. The first-order valence-corrected chi connectivity index (χ1v) is 14.4. The number of anilines is 2. The summed E-state index contributed by atoms with van der Waals surface area (Å²) in [7, 11) is 0. The van der Waals surface area contributed by atoms with Crippen LogP contribution in [0.3, 0.4) is 0 Å². The Morgan fingerprint density at radius 1 is 0.889 bits per heavy atom. The summed E-state index contributed by atoms with van der Waals surface area (Å²) in [6.45, 7) is 4.20. The van der Waals surface area contributed by atoms with Crippen molar-refractivity contribution in [3.63, 3.8) is 0 Å². The van der Waals surface area contributed by atoms with Gasteiger partial charge in [0.05, 0.1) is 21.9 Å². The molecule has 3 N–H and O–H groups in total. The number of nitrogens with two attached hydrogens (primary N) is 1. The SMILES string of the molecule is Cc1cc(N)nc(C)c1NC1CCCCCCC(Cc2ccc3ncc(Cl)cc3c2)CCCCCC1. The molecule has 1 aromatic carbocycles. The van der Waals surface area contributed by atoms with Crippen molar-refractivity contribution in [3.8, 4) is 0 Å². The van der Waals surface area contributed by atoms with E-state index in [1.54, 1.807) is 6.20 Å². The van der Waals surface area contributed by atoms with Gasteiger partial charge in [-0.05, 0) is 74.4 Å². The highest BCUT2D eigenvalue weighted by Crippen LogP contribution is 2.28. The minimum absolute atomic E-state index is 0.527. The number of pyridine rings is 2. The predicted molar refractivity (Wildman–Crippen MR) is 155 cm³/mol. The molecule has 0 atom stereocenters. The highest BCUT2D eigenvalue weighted by Gasteiger charge is 2.15. The molecular weight excluding hydrogens is 464 g/mol. The van der Waals surface area contributed by atoms with Gasteiger partial charge in [-0.15, -0.1) is 0 Å². The number of nitrogen functional groups attached to an aromatic ring is 1. The zero-order chi connectivity index (χ0) is 25.3. The minimum atomic E-state index is 0.527. The molecule has 194 valence electrons. The van der Waals surface area contributed by atoms with Gasteiger partial charge >= 0.3 is 0 Å². The van der Waals surface area contributed by atoms with Crippen LogP contribution in [0.4, 0.5) is 11.5 Å². The van der Waals surface area contributed by atoms with Gasteiger partial charge in [0.25, 0.3) is 0 Å². The van der Waals surface area contributed by atoms with Crippen LogP contribution >= 0.6 is 11.6 Å². The fourth-order valence-corrected chi connectivity index (χ4v) is 6.06. The van der Waals surface area contributed by atoms with E-state index in [0.717, 1.165) is 22.5 Å². The van der Waals surface area contributed by atoms with Crippen molar-refractivity contribution < 1.29 is 0 Å². The summed E-state index contributed by atoms with van der Waals surface area (Å²) < 4.78 is 0. The topological polar surface area (TPSA) is 63.8 Å². The second kappa shape index (κ2) is 13.3. The molecule has 1 saturated carbocycles. The molecule has 3 aromatic rings. The number of benzene rings is 1. The van der Waals surface area contributed by atoms with Crippen LogP contribution in [0, 0.1) is 19.8 Å². The summed E-state index contributed by atoms with van der Waals surface area (Å²) in [6, 6.07) is 11.3. The van der Waals surface area contributed by atoms with Crippen LogP contribution in [-0.2, 0) is 6.42 Å². The molecule has 1 fully saturated rings. The molecule has 5 heteroatoms. The number of aromatic nitrogens is 2. The lowest BCUT2D eigenvalue weighted by Crippen LogP contribution is -2.21. The first-order chi connectivity index (χ1) is 17.5. The molecule has 0 amide bonds. The van der Waals surface area contributed by atoms with Crippen LogP contribution in [0.1, 0.15) is 93.9 Å². The predicted octanol–water partition coefficient (Wildman–Crippen LogP) is 8.82. The summed E-state index contributed by atoms with van der Waals surface area (Å²) in [5.74, 6) is 1.39. The largest absolute Gasteiger partial charge is 0.384 e. The quantitative estimate of drug-likeness (QED) is 0.371. The first-order valence-electron chi connectivity index (χ1n) is 14.0. The van der Waals surface area contributed by atoms with Crippen molar-refractivity contribution >= 4 is 34.0 Å². The number of halogens is 1. The monoisotopic (exact) mass is 506 g/mol. The van der Waals surface area contributed by atoms with E-state index in [4.69, 9.17) is 17.3 Å². The standard InChI is InChI=1S/C31H43ClN4/c1-22-17-30(33)35-23(2)31(22)36-28-13-9-5-3-7-11-24(12-8-4-6-10-14-28)18-25-15-16-29-26(19-25)20-27(32)21-34-29/h15-17,19-21,24,28,36H,3-14,18H2,1-2H3,(H2,33,35). The Morgan fingerprint density at radius 2 is 1.56 bits per heavy atom. The van der Waals surface area contributed by atoms with Crippen molar-refractivity contribution in [1.82, 2.24) is 9.97 Å². The number of hydrogen-bond acceptors (Lipinski definition) is 4. The summed E-state index contributed by atoms with van der Waals surface area (Å²) >= 11 is 6.18. The van der Waals surface area contributed by atoms with Crippen molar-refractivity contribution in [3.05, 3.63) is 58.4 Å². The minimum Gasteiger partial charge on any atom is -0.384 e. The summed E-state index contributed by atoms with van der Waals surface area (Å²) in [5.41, 5.74) is 11.8. The number of aryl methyl sites for hydroxylation is 2. The maximum Gasteiger partial charge on any atom is 0.124 e. The Labute approximate surface area is 222 Å². The Kier molecular flexibility index (Phi) is 9.86. The van der Waals surface area contributed by atoms with E-state index in [0.29, 0.717) is 16.9 Å². The van der Waals surface area contributed by atoms with Crippen LogP contribution < -0.4 is 11.1 Å². The molecule has 2 heterocycles. The molecule has 1 aliphatic carbocycles. The second-order valence-corrected chi connectivity index (χ2v) is 11.3. The van der Waals surface area contributed by atoms with Gasteiger partial charge in [-0.3, -0.25) is 4.98 Å². The molecule has 36 heavy (non-hydrogen) atoms. The molecule has 2 aromatic heterocycles. The van der Waals surface area contributed by atoms with Crippen LogP contribution in [0.5, 0.6) is 0 Å². The number of rotatable bonds is 4. The number of fused-ring (bicyclic) bond motifs is 1. The van der Waals surface area contributed by atoms with Gasteiger partial charge in [-0.25, -0.2) is 4.98 Å². The van der Waals surface area contributed by atoms with E-state index in [1.807, 2.05) is 12.1 Å². The zero-order valence-corrected chi connectivity index (χ0v) is 22.9. The lowest BCUT2D eigenvalue weighted by Gasteiger charge is -2.23. The lowest BCUT2D eigenvalue weighted by atomic mass is 9.88. The van der Waals surface area contributed by atoms with Crippen molar-refractivity contribution in [2.24, 2.45) is 5.92 Å². The number of nitrogens with one attached hydrogen (secondary N) is 1. The van der Waals surface area contributed by atoms with Gasteiger partial charge in [0, 0.05) is 17.6 Å². The third-order valence-corrected chi connectivity index (χ3v) is 8.04. The third kappa shape index (κ3) is 7.83. The van der Waals surface area contributed by atoms with Gasteiger partial charge in [0.1, 0.15) is 5.82 Å². The summed E-state index contributed by atoms with van der Waals surface area (Å²) in [4.78, 5) is 8.94. The molecule has 4 rings (SSSR count). The summed E-state index contributed by atoms with van der Waals surface area (Å²) in [5, 5.41) is 5.71. The Balaban J connectivity index is 1.31. The molecule has 0 radical (unpaired) electrons. The summed E-state index contributed by atoms with van der Waals surface area (Å²) in [6.07, 6.45) is 18.6. The van der Waals surface area contributed by atoms with Crippen molar-refractivity contribution in [2.75, 3.05) is 11.1 Å². The molecule has 0 bridgehead atoms. The highest BCUT2D eigenvalue weighted by molar-refractivity contribution is 6.31. The van der Waals surface area contributed by atoms with Gasteiger partial charge in [0.2, 0.25) is 0 Å². The van der Waals surface area contributed by atoms with Gasteiger partial charge < -0.3 is 11.1 Å². The molecule has 0 spiro atoms. The fourth-order valence-electron chi connectivity index (χ4n) is 5.89. The maximum absolute atomic E-state index is 6.18. The lowest BCUT2D eigenvalue weighted by molar-refractivity contribution is 0.393. The normalized spacial score (nSPS) is 20.6. The van der Waals surface area contributed by atoms with Gasteiger partial charge in [0.15, 0.2) is 0 Å². The van der Waals surface area contributed by atoms with E-state index < -0.39 is 0 Å². The molecule has 0 unspecified atom stereocenters. The Hall–Kier alpha value is -2.33. The molecule has 0 aliphatic heterocycles. The average Bonchev–Trinajstić information content (AvgIpc) is 2.84. The van der Waals surface area contributed by atoms with Crippen molar-refractivity contribution in [2.45, 2.75) is 103 Å². The van der Waals surface area contributed by atoms with Crippen molar-refractivity contribution in [1.29, 1.82) is 0 Å². The average molecular weight is 507 g/mol. The maximum atomic E-state index is 6.18. The Bertz CT molecular complexity index is 1090. The number of nitrogens with zero attached hydrogens (tertiary/aromatic N) is 2. The number of hydrogen-bond donors (Lipinski definition) is 2. The first kappa shape index (κ1) is 26.7. The Morgan fingerprint density at radius 3 is 2.22 bits per heavy atom. The van der Waals surface area contributed by atoms with Crippen LogP contribution in [0.25, 0.3) is 10.9 Å². The van der Waals surface area contributed by atoms with Crippen LogP contribution in [0.15, 0.2) is 36.5 Å². The van der Waals surface area contributed by atoms with E-state index in [-0.39, 0.29) is 0 Å². The highest BCUT2D eigenvalue weighted by atomic mass is 35.5. The zero-order valence-electron chi connectivity index (χ0n) is 22.2. The fraction of sp³-hybridized carbons (Fsp3) is 0.548. The van der Waals surface area contributed by atoms with Gasteiger partial charge in [-0.2, -0.15) is 0 Å². The van der Waals surface area contributed by atoms with E-state index in [9.17, 15) is 0 Å². The van der Waals surface area contributed by atoms with Crippen LogP contribution in [-0.4, -0.2) is 16.0 Å². The molecule has 0 saturated heterocycles.